The summed E-state index contributed by atoms with van der Waals surface area (Å²) in [6.07, 6.45) is 2.97. The Kier molecular flexibility index (Phi) is 4.19. The molecule has 2 rings (SSSR count). The molecule has 18 heavy (non-hydrogen) atoms. The SMILES string of the molecule is CC1CCCCN1C(=O)c1cc(I)c(F)cc1F. The molecule has 1 fully saturated rings. The third kappa shape index (κ3) is 2.65. The zero-order valence-electron chi connectivity index (χ0n) is 10.0. The van der Waals surface area contributed by atoms with E-state index < -0.39 is 11.6 Å². The predicted molar refractivity (Wildman–Crippen MR) is 73.4 cm³/mol. The molecule has 1 saturated heterocycles. The quantitative estimate of drug-likeness (QED) is 0.550. The lowest BCUT2D eigenvalue weighted by molar-refractivity contribution is 0.0630. The van der Waals surface area contributed by atoms with Gasteiger partial charge in [0, 0.05) is 22.2 Å². The van der Waals surface area contributed by atoms with E-state index in [0.29, 0.717) is 6.54 Å². The largest absolute Gasteiger partial charge is 0.336 e. The number of hydrogen-bond donors (Lipinski definition) is 0. The topological polar surface area (TPSA) is 20.3 Å². The molecule has 0 radical (unpaired) electrons. The Morgan fingerprint density at radius 3 is 2.72 bits per heavy atom. The highest BCUT2D eigenvalue weighted by Gasteiger charge is 2.26. The summed E-state index contributed by atoms with van der Waals surface area (Å²) >= 11 is 1.76. The maximum atomic E-state index is 13.7. The molecule has 1 atom stereocenters. The summed E-state index contributed by atoms with van der Waals surface area (Å²) in [7, 11) is 0. The van der Waals surface area contributed by atoms with Gasteiger partial charge in [-0.05, 0) is 54.8 Å². The second kappa shape index (κ2) is 5.50. The molecule has 0 aromatic heterocycles. The minimum atomic E-state index is -0.782. The lowest BCUT2D eigenvalue weighted by Crippen LogP contribution is -2.42. The van der Waals surface area contributed by atoms with Crippen LogP contribution in [0.3, 0.4) is 0 Å². The van der Waals surface area contributed by atoms with Crippen LogP contribution in [0.5, 0.6) is 0 Å². The van der Waals surface area contributed by atoms with Gasteiger partial charge in [0.05, 0.1) is 5.56 Å². The Balaban J connectivity index is 2.30. The molecule has 1 heterocycles. The predicted octanol–water partition coefficient (Wildman–Crippen LogP) is 3.58. The molecular weight excluding hydrogens is 351 g/mol. The highest BCUT2D eigenvalue weighted by molar-refractivity contribution is 14.1. The second-order valence-corrected chi connectivity index (χ2v) is 5.75. The van der Waals surface area contributed by atoms with E-state index in [2.05, 4.69) is 0 Å². The minimum absolute atomic E-state index is 0.0328. The number of piperidine rings is 1. The van der Waals surface area contributed by atoms with Gasteiger partial charge in [0.15, 0.2) is 0 Å². The highest BCUT2D eigenvalue weighted by Crippen LogP contribution is 2.22. The highest BCUT2D eigenvalue weighted by atomic mass is 127. The van der Waals surface area contributed by atoms with Gasteiger partial charge in [-0.1, -0.05) is 0 Å². The number of carbonyl (C=O) groups is 1. The molecule has 98 valence electrons. The second-order valence-electron chi connectivity index (χ2n) is 4.59. The molecule has 5 heteroatoms. The molecule has 1 aromatic rings. The van der Waals surface area contributed by atoms with Gasteiger partial charge in [-0.25, -0.2) is 8.78 Å². The van der Waals surface area contributed by atoms with Crippen LogP contribution in [0.1, 0.15) is 36.5 Å². The molecule has 0 bridgehead atoms. The van der Waals surface area contributed by atoms with Gasteiger partial charge in [-0.2, -0.15) is 0 Å². The lowest BCUT2D eigenvalue weighted by Gasteiger charge is -2.33. The Hall–Kier alpha value is -0.720. The van der Waals surface area contributed by atoms with Crippen LogP contribution >= 0.6 is 22.6 Å². The van der Waals surface area contributed by atoms with Crippen molar-refractivity contribution >= 4 is 28.5 Å². The molecule has 1 amide bonds. The molecule has 1 aliphatic rings. The van der Waals surface area contributed by atoms with Crippen molar-refractivity contribution in [3.63, 3.8) is 0 Å². The van der Waals surface area contributed by atoms with Gasteiger partial charge < -0.3 is 4.90 Å². The first-order chi connectivity index (χ1) is 8.50. The van der Waals surface area contributed by atoms with E-state index in [1.807, 2.05) is 6.92 Å². The van der Waals surface area contributed by atoms with Gasteiger partial charge in [-0.15, -0.1) is 0 Å². The summed E-state index contributed by atoms with van der Waals surface area (Å²) in [5.41, 5.74) is -0.0328. The Morgan fingerprint density at radius 2 is 2.06 bits per heavy atom. The summed E-state index contributed by atoms with van der Waals surface area (Å²) in [5, 5.41) is 0. The van der Waals surface area contributed by atoms with E-state index in [4.69, 9.17) is 0 Å². The number of likely N-dealkylation sites (tertiary alicyclic amines) is 1. The first-order valence-electron chi connectivity index (χ1n) is 5.96. The summed E-state index contributed by atoms with van der Waals surface area (Å²) in [6, 6.07) is 2.19. The Morgan fingerprint density at radius 1 is 1.33 bits per heavy atom. The first kappa shape index (κ1) is 13.7. The van der Waals surface area contributed by atoms with Gasteiger partial charge in [0.2, 0.25) is 0 Å². The van der Waals surface area contributed by atoms with Gasteiger partial charge in [0.25, 0.3) is 5.91 Å². The van der Waals surface area contributed by atoms with Crippen LogP contribution in [0.2, 0.25) is 0 Å². The van der Waals surface area contributed by atoms with Crippen LogP contribution in [0.4, 0.5) is 8.78 Å². The van der Waals surface area contributed by atoms with Gasteiger partial charge in [-0.3, -0.25) is 4.79 Å². The van der Waals surface area contributed by atoms with Crippen molar-refractivity contribution in [3.8, 4) is 0 Å². The fourth-order valence-electron chi connectivity index (χ4n) is 2.24. The van der Waals surface area contributed by atoms with Crippen LogP contribution in [-0.4, -0.2) is 23.4 Å². The van der Waals surface area contributed by atoms with E-state index in [1.165, 1.54) is 6.07 Å². The van der Waals surface area contributed by atoms with Crippen molar-refractivity contribution in [2.24, 2.45) is 0 Å². The van der Waals surface area contributed by atoms with Crippen LogP contribution in [-0.2, 0) is 0 Å². The van der Waals surface area contributed by atoms with E-state index >= 15 is 0 Å². The molecule has 2 nitrogen and oxygen atoms in total. The summed E-state index contributed by atoms with van der Waals surface area (Å²) in [6.45, 7) is 2.61. The van der Waals surface area contributed by atoms with Crippen molar-refractivity contribution in [1.29, 1.82) is 0 Å². The van der Waals surface area contributed by atoms with E-state index in [1.54, 1.807) is 27.5 Å². The average molecular weight is 365 g/mol. The van der Waals surface area contributed by atoms with E-state index in [9.17, 15) is 13.6 Å². The molecule has 1 aliphatic heterocycles. The fraction of sp³-hybridized carbons (Fsp3) is 0.462. The maximum absolute atomic E-state index is 13.7. The average Bonchev–Trinajstić information content (AvgIpc) is 2.33. The molecule has 0 spiro atoms. The number of nitrogens with zero attached hydrogens (tertiary/aromatic N) is 1. The monoisotopic (exact) mass is 365 g/mol. The summed E-state index contributed by atoms with van der Waals surface area (Å²) in [4.78, 5) is 13.9. The zero-order chi connectivity index (χ0) is 13.3. The molecule has 1 aromatic carbocycles. The first-order valence-corrected chi connectivity index (χ1v) is 7.04. The smallest absolute Gasteiger partial charge is 0.257 e. The molecule has 0 saturated carbocycles. The minimum Gasteiger partial charge on any atom is -0.336 e. The zero-order valence-corrected chi connectivity index (χ0v) is 12.2. The van der Waals surface area contributed by atoms with E-state index in [-0.39, 0.29) is 21.1 Å². The summed E-state index contributed by atoms with van der Waals surface area (Å²) < 4.78 is 27.1. The Bertz CT molecular complexity index is 478. The molecule has 1 unspecified atom stereocenters. The van der Waals surface area contributed by atoms with Crippen molar-refractivity contribution < 1.29 is 13.6 Å². The normalized spacial score (nSPS) is 20.0. The molecule has 0 aliphatic carbocycles. The van der Waals surface area contributed by atoms with Crippen molar-refractivity contribution in [1.82, 2.24) is 4.90 Å². The number of rotatable bonds is 1. The van der Waals surface area contributed by atoms with E-state index in [0.717, 1.165) is 25.3 Å². The molecule has 0 N–H and O–H groups in total. The fourth-order valence-corrected chi connectivity index (χ4v) is 2.71. The van der Waals surface area contributed by atoms with Crippen LogP contribution < -0.4 is 0 Å². The Labute approximate surface area is 118 Å². The number of carbonyl (C=O) groups excluding carboxylic acids is 1. The maximum Gasteiger partial charge on any atom is 0.257 e. The number of hydrogen-bond acceptors (Lipinski definition) is 1. The number of halogens is 3. The van der Waals surface area contributed by atoms with Crippen molar-refractivity contribution in [3.05, 3.63) is 32.9 Å². The number of benzene rings is 1. The van der Waals surface area contributed by atoms with Crippen molar-refractivity contribution in [2.75, 3.05) is 6.54 Å². The van der Waals surface area contributed by atoms with Crippen LogP contribution in [0.25, 0.3) is 0 Å². The van der Waals surface area contributed by atoms with Crippen molar-refractivity contribution in [2.45, 2.75) is 32.2 Å². The van der Waals surface area contributed by atoms with Crippen LogP contribution in [0, 0.1) is 15.2 Å². The third-order valence-corrected chi connectivity index (χ3v) is 4.13. The standard InChI is InChI=1S/C13H14F2INO/c1-8-4-2-3-5-17(8)13(18)9-6-12(16)11(15)7-10(9)14/h6-8H,2-5H2,1H3. The molecular formula is C13H14F2INO. The van der Waals surface area contributed by atoms with Gasteiger partial charge >= 0.3 is 0 Å². The summed E-state index contributed by atoms with van der Waals surface area (Å²) in [5.74, 6) is -1.75. The number of amides is 1. The van der Waals surface area contributed by atoms with Crippen LogP contribution in [0.15, 0.2) is 12.1 Å². The third-order valence-electron chi connectivity index (χ3n) is 3.30. The van der Waals surface area contributed by atoms with Gasteiger partial charge in [0.1, 0.15) is 11.6 Å². The lowest BCUT2D eigenvalue weighted by atomic mass is 10.0.